The second-order valence-corrected chi connectivity index (χ2v) is 3.38. The van der Waals surface area contributed by atoms with Gasteiger partial charge in [0.2, 0.25) is 5.88 Å². The molecule has 0 aliphatic carbocycles. The first-order valence-electron chi connectivity index (χ1n) is 4.39. The first-order chi connectivity index (χ1) is 5.75. The van der Waals surface area contributed by atoms with Gasteiger partial charge in [0.25, 0.3) is 0 Å². The Morgan fingerprint density at radius 2 is 2.33 bits per heavy atom. The summed E-state index contributed by atoms with van der Waals surface area (Å²) in [6.07, 6.45) is 2.54. The Morgan fingerprint density at radius 1 is 1.50 bits per heavy atom. The summed E-state index contributed by atoms with van der Waals surface area (Å²) in [5.41, 5.74) is 2.28. The molecule has 0 spiro atoms. The summed E-state index contributed by atoms with van der Waals surface area (Å²) in [5.74, 6) is 0.841. The number of aryl methyl sites for hydroxylation is 2. The average Bonchev–Trinajstić information content (AvgIpc) is 2.03. The van der Waals surface area contributed by atoms with Crippen molar-refractivity contribution < 1.29 is 4.74 Å². The van der Waals surface area contributed by atoms with Gasteiger partial charge in [0.05, 0.1) is 6.10 Å². The molecular weight excluding hydrogens is 150 g/mol. The van der Waals surface area contributed by atoms with Gasteiger partial charge in [-0.2, -0.15) is 0 Å². The molecule has 12 heavy (non-hydrogen) atoms. The third-order valence-electron chi connectivity index (χ3n) is 2.21. The van der Waals surface area contributed by atoms with E-state index in [1.807, 2.05) is 13.0 Å². The van der Waals surface area contributed by atoms with Gasteiger partial charge in [0.15, 0.2) is 0 Å². The molecule has 0 saturated carbocycles. The van der Waals surface area contributed by atoms with Gasteiger partial charge in [-0.25, -0.2) is 4.98 Å². The Kier molecular flexibility index (Phi) is 1.75. The monoisotopic (exact) mass is 163 g/mol. The highest BCUT2D eigenvalue weighted by Gasteiger charge is 2.16. The van der Waals surface area contributed by atoms with E-state index in [4.69, 9.17) is 4.74 Å². The fourth-order valence-corrected chi connectivity index (χ4v) is 1.46. The average molecular weight is 163 g/mol. The van der Waals surface area contributed by atoms with Crippen molar-refractivity contribution in [2.75, 3.05) is 0 Å². The second kappa shape index (κ2) is 2.77. The lowest BCUT2D eigenvalue weighted by molar-refractivity contribution is 0.183. The quantitative estimate of drug-likeness (QED) is 0.584. The van der Waals surface area contributed by atoms with E-state index in [0.29, 0.717) is 6.10 Å². The molecule has 2 heterocycles. The molecule has 1 aliphatic heterocycles. The van der Waals surface area contributed by atoms with Gasteiger partial charge in [0.1, 0.15) is 0 Å². The fraction of sp³-hybridized carbons (Fsp3) is 0.500. The first kappa shape index (κ1) is 7.59. The molecule has 64 valence electrons. The van der Waals surface area contributed by atoms with Gasteiger partial charge in [-0.1, -0.05) is 6.07 Å². The Morgan fingerprint density at radius 3 is 3.17 bits per heavy atom. The zero-order valence-electron chi connectivity index (χ0n) is 7.50. The molecule has 0 radical (unpaired) electrons. The summed E-state index contributed by atoms with van der Waals surface area (Å²) in [7, 11) is 0. The van der Waals surface area contributed by atoms with Gasteiger partial charge < -0.3 is 4.74 Å². The Labute approximate surface area is 72.6 Å². The zero-order valence-corrected chi connectivity index (χ0v) is 7.50. The van der Waals surface area contributed by atoms with E-state index in [1.165, 1.54) is 5.56 Å². The van der Waals surface area contributed by atoms with Crippen LogP contribution in [0.25, 0.3) is 0 Å². The van der Waals surface area contributed by atoms with Crippen molar-refractivity contribution in [2.24, 2.45) is 0 Å². The minimum Gasteiger partial charge on any atom is -0.474 e. The lowest BCUT2D eigenvalue weighted by atomic mass is 10.1. The van der Waals surface area contributed by atoms with E-state index in [9.17, 15) is 0 Å². The zero-order chi connectivity index (χ0) is 8.55. The van der Waals surface area contributed by atoms with Gasteiger partial charge in [-0.05, 0) is 32.8 Å². The largest absolute Gasteiger partial charge is 0.474 e. The summed E-state index contributed by atoms with van der Waals surface area (Å²) in [6.45, 7) is 4.08. The topological polar surface area (TPSA) is 22.1 Å². The normalized spacial score (nSPS) is 21.3. The van der Waals surface area contributed by atoms with Crippen LogP contribution in [0.1, 0.15) is 24.6 Å². The van der Waals surface area contributed by atoms with Gasteiger partial charge in [-0.15, -0.1) is 0 Å². The summed E-state index contributed by atoms with van der Waals surface area (Å²) in [5, 5.41) is 0. The van der Waals surface area contributed by atoms with E-state index in [1.54, 1.807) is 0 Å². The van der Waals surface area contributed by atoms with Crippen LogP contribution in [0.3, 0.4) is 0 Å². The lowest BCUT2D eigenvalue weighted by Crippen LogP contribution is -2.19. The molecule has 0 N–H and O–H groups in total. The number of fused-ring (bicyclic) bond motifs is 1. The molecule has 2 nitrogen and oxygen atoms in total. The predicted molar refractivity (Wildman–Crippen MR) is 47.4 cm³/mol. The van der Waals surface area contributed by atoms with Crippen LogP contribution in [-0.4, -0.2) is 11.1 Å². The Hall–Kier alpha value is -1.05. The van der Waals surface area contributed by atoms with E-state index in [0.717, 1.165) is 24.4 Å². The predicted octanol–water partition coefficient (Wildman–Crippen LogP) is 2.10. The minimum atomic E-state index is 0.326. The molecule has 1 aromatic rings. The van der Waals surface area contributed by atoms with Crippen molar-refractivity contribution in [1.29, 1.82) is 0 Å². The van der Waals surface area contributed by atoms with Gasteiger partial charge in [0, 0.05) is 11.3 Å². The molecular formula is C10H13NO. The third kappa shape index (κ3) is 1.29. The van der Waals surface area contributed by atoms with Crippen LogP contribution in [0.15, 0.2) is 12.1 Å². The Balaban J connectivity index is 2.37. The van der Waals surface area contributed by atoms with Crippen molar-refractivity contribution in [3.63, 3.8) is 0 Å². The smallest absolute Gasteiger partial charge is 0.217 e. The molecule has 0 aromatic carbocycles. The number of hydrogen-bond acceptors (Lipinski definition) is 2. The molecule has 0 fully saturated rings. The van der Waals surface area contributed by atoms with Crippen molar-refractivity contribution in [1.82, 2.24) is 4.98 Å². The van der Waals surface area contributed by atoms with Crippen LogP contribution in [0, 0.1) is 6.92 Å². The van der Waals surface area contributed by atoms with E-state index in [2.05, 4.69) is 18.0 Å². The number of rotatable bonds is 0. The van der Waals surface area contributed by atoms with E-state index < -0.39 is 0 Å². The van der Waals surface area contributed by atoms with Crippen LogP contribution >= 0.6 is 0 Å². The molecule has 0 saturated heterocycles. The van der Waals surface area contributed by atoms with Gasteiger partial charge >= 0.3 is 0 Å². The molecule has 0 bridgehead atoms. The second-order valence-electron chi connectivity index (χ2n) is 3.38. The van der Waals surface area contributed by atoms with Crippen LogP contribution in [-0.2, 0) is 6.42 Å². The standard InChI is InChI=1S/C10H13NO/c1-7-3-5-9-6-4-8(2)12-10(9)11-7/h3,5,8H,4,6H2,1-2H3. The molecule has 1 unspecified atom stereocenters. The maximum absolute atomic E-state index is 5.60. The maximum Gasteiger partial charge on any atom is 0.217 e. The molecule has 0 amide bonds. The first-order valence-corrected chi connectivity index (χ1v) is 4.39. The molecule has 2 rings (SSSR count). The minimum absolute atomic E-state index is 0.326. The summed E-state index contributed by atoms with van der Waals surface area (Å²) in [4.78, 5) is 4.34. The molecule has 2 heteroatoms. The highest BCUT2D eigenvalue weighted by atomic mass is 16.5. The van der Waals surface area contributed by atoms with Crippen molar-refractivity contribution >= 4 is 0 Å². The van der Waals surface area contributed by atoms with E-state index >= 15 is 0 Å². The third-order valence-corrected chi connectivity index (χ3v) is 2.21. The Bertz CT molecular complexity index is 296. The molecule has 1 atom stereocenters. The number of hydrogen-bond donors (Lipinski definition) is 0. The summed E-state index contributed by atoms with van der Waals surface area (Å²) < 4.78 is 5.60. The number of ether oxygens (including phenoxy) is 1. The van der Waals surface area contributed by atoms with Crippen molar-refractivity contribution in [2.45, 2.75) is 32.8 Å². The highest BCUT2D eigenvalue weighted by molar-refractivity contribution is 5.29. The van der Waals surface area contributed by atoms with Crippen LogP contribution in [0.2, 0.25) is 0 Å². The summed E-state index contributed by atoms with van der Waals surface area (Å²) in [6, 6.07) is 4.15. The summed E-state index contributed by atoms with van der Waals surface area (Å²) >= 11 is 0. The molecule has 1 aliphatic rings. The van der Waals surface area contributed by atoms with E-state index in [-0.39, 0.29) is 0 Å². The maximum atomic E-state index is 5.60. The van der Waals surface area contributed by atoms with Gasteiger partial charge in [-0.3, -0.25) is 0 Å². The SMILES string of the molecule is Cc1ccc2c(n1)OC(C)CC2. The lowest BCUT2D eigenvalue weighted by Gasteiger charge is -2.21. The highest BCUT2D eigenvalue weighted by Crippen LogP contribution is 2.25. The van der Waals surface area contributed by atoms with Crippen molar-refractivity contribution in [3.05, 3.63) is 23.4 Å². The van der Waals surface area contributed by atoms with Crippen LogP contribution in [0.5, 0.6) is 5.88 Å². The number of nitrogens with zero attached hydrogens (tertiary/aromatic N) is 1. The van der Waals surface area contributed by atoms with Crippen LogP contribution in [0.4, 0.5) is 0 Å². The fourth-order valence-electron chi connectivity index (χ4n) is 1.46. The van der Waals surface area contributed by atoms with Crippen molar-refractivity contribution in [3.8, 4) is 5.88 Å². The number of aromatic nitrogens is 1. The van der Waals surface area contributed by atoms with Crippen LogP contribution < -0.4 is 4.74 Å². The number of pyridine rings is 1. The molecule has 1 aromatic heterocycles.